The minimum Gasteiger partial charge on any atom is -0.303 e. The number of Topliss-reactive ketones (excluding diaryl/α,β-unsaturated/α-hetero) is 1. The lowest BCUT2D eigenvalue weighted by atomic mass is 10.0. The molecule has 0 N–H and O–H groups in total. The molecule has 1 aromatic rings. The van der Waals surface area contributed by atoms with Crippen LogP contribution in [-0.2, 0) is 0 Å². The lowest BCUT2D eigenvalue weighted by molar-refractivity contribution is 0.0878. The zero-order valence-corrected chi connectivity index (χ0v) is 10.7. The Morgan fingerprint density at radius 3 is 2.72 bits per heavy atom. The fourth-order valence-electron chi connectivity index (χ4n) is 2.39. The van der Waals surface area contributed by atoms with Gasteiger partial charge in [0.05, 0.1) is 6.20 Å². The molecule has 0 aromatic carbocycles. The van der Waals surface area contributed by atoms with Crippen LogP contribution in [0.5, 0.6) is 0 Å². The number of aromatic nitrogens is 1. The van der Waals surface area contributed by atoms with Crippen LogP contribution in [0.1, 0.15) is 36.7 Å². The Hall–Kier alpha value is -1.29. The van der Waals surface area contributed by atoms with Gasteiger partial charge >= 0.3 is 0 Å². The predicted octanol–water partition coefficient (Wildman–Crippen LogP) is 2.53. The lowest BCUT2D eigenvalue weighted by Crippen LogP contribution is -2.36. The number of likely N-dealkylation sites (tertiary alicyclic amines) is 1. The van der Waals surface area contributed by atoms with E-state index in [9.17, 15) is 9.18 Å². The molecule has 0 spiro atoms. The van der Waals surface area contributed by atoms with Crippen LogP contribution in [0.25, 0.3) is 0 Å². The third-order valence-corrected chi connectivity index (χ3v) is 3.41. The molecule has 1 saturated heterocycles. The van der Waals surface area contributed by atoms with Crippen molar-refractivity contribution >= 4 is 5.78 Å². The number of nitrogens with zero attached hydrogens (tertiary/aromatic N) is 2. The average Bonchev–Trinajstić information content (AvgIpc) is 2.40. The van der Waals surface area contributed by atoms with Crippen molar-refractivity contribution < 1.29 is 9.18 Å². The summed E-state index contributed by atoms with van der Waals surface area (Å²) in [6, 6.07) is 2.75. The lowest BCUT2D eigenvalue weighted by Gasteiger charge is -2.28. The monoisotopic (exact) mass is 250 g/mol. The first-order valence-electron chi connectivity index (χ1n) is 6.55. The zero-order valence-electron chi connectivity index (χ0n) is 10.7. The maximum absolute atomic E-state index is 12.7. The number of carbonyl (C=O) groups excluding carboxylic acids is 1. The fraction of sp³-hybridized carbons (Fsp3) is 0.571. The summed E-state index contributed by atoms with van der Waals surface area (Å²) >= 11 is 0. The van der Waals surface area contributed by atoms with E-state index in [4.69, 9.17) is 0 Å². The predicted molar refractivity (Wildman–Crippen MR) is 68.0 cm³/mol. The molecule has 0 aliphatic carbocycles. The van der Waals surface area contributed by atoms with Crippen LogP contribution in [0.3, 0.4) is 0 Å². The first kappa shape index (κ1) is 13.1. The molecule has 1 aliphatic rings. The minimum absolute atomic E-state index is 0.000531. The van der Waals surface area contributed by atoms with Gasteiger partial charge in [-0.25, -0.2) is 4.39 Å². The molecule has 1 fully saturated rings. The van der Waals surface area contributed by atoms with E-state index in [1.165, 1.54) is 31.4 Å². The van der Waals surface area contributed by atoms with Crippen molar-refractivity contribution in [2.24, 2.45) is 5.92 Å². The Balaban J connectivity index is 1.93. The number of ketones is 1. The summed E-state index contributed by atoms with van der Waals surface area (Å²) in [6.07, 6.45) is 4.82. The van der Waals surface area contributed by atoms with E-state index >= 15 is 0 Å². The SMILES string of the molecule is CC(CN1CCCCC1)C(=O)c1ccc(F)cn1. The highest BCUT2D eigenvalue weighted by Gasteiger charge is 2.20. The first-order chi connectivity index (χ1) is 8.66. The van der Waals surface area contributed by atoms with E-state index in [-0.39, 0.29) is 11.7 Å². The summed E-state index contributed by atoms with van der Waals surface area (Å²) in [5.74, 6) is -0.489. The van der Waals surface area contributed by atoms with E-state index < -0.39 is 5.82 Å². The summed E-state index contributed by atoms with van der Waals surface area (Å²) in [5, 5.41) is 0. The molecule has 4 heteroatoms. The highest BCUT2D eigenvalue weighted by atomic mass is 19.1. The van der Waals surface area contributed by atoms with Crippen molar-refractivity contribution in [1.29, 1.82) is 0 Å². The standard InChI is InChI=1S/C14H19FN2O/c1-11(10-17-7-3-2-4-8-17)14(18)13-6-5-12(15)9-16-13/h5-6,9,11H,2-4,7-8,10H2,1H3. The van der Waals surface area contributed by atoms with Crippen molar-refractivity contribution in [3.63, 3.8) is 0 Å². The molecule has 0 amide bonds. The van der Waals surface area contributed by atoms with Gasteiger partial charge in [0.1, 0.15) is 11.5 Å². The molecule has 3 nitrogen and oxygen atoms in total. The molecule has 2 heterocycles. The molecular weight excluding hydrogens is 231 g/mol. The molecule has 0 bridgehead atoms. The van der Waals surface area contributed by atoms with E-state index in [0.29, 0.717) is 5.69 Å². The number of pyridine rings is 1. The number of carbonyl (C=O) groups is 1. The number of halogens is 1. The molecule has 1 atom stereocenters. The second-order valence-electron chi connectivity index (χ2n) is 4.99. The number of piperidine rings is 1. The molecule has 1 aliphatic heterocycles. The van der Waals surface area contributed by atoms with Crippen LogP contribution in [0.4, 0.5) is 4.39 Å². The molecule has 18 heavy (non-hydrogen) atoms. The van der Waals surface area contributed by atoms with Crippen molar-refractivity contribution in [1.82, 2.24) is 9.88 Å². The Morgan fingerprint density at radius 1 is 1.39 bits per heavy atom. The zero-order chi connectivity index (χ0) is 13.0. The quantitative estimate of drug-likeness (QED) is 0.770. The van der Waals surface area contributed by atoms with Gasteiger partial charge in [-0.05, 0) is 38.1 Å². The Bertz CT molecular complexity index is 399. The van der Waals surface area contributed by atoms with E-state index in [1.54, 1.807) is 0 Å². The minimum atomic E-state index is -0.407. The molecule has 0 saturated carbocycles. The van der Waals surface area contributed by atoms with E-state index in [1.807, 2.05) is 6.92 Å². The Labute approximate surface area is 107 Å². The fourth-order valence-corrected chi connectivity index (χ4v) is 2.39. The first-order valence-corrected chi connectivity index (χ1v) is 6.55. The normalized spacial score (nSPS) is 18.6. The van der Waals surface area contributed by atoms with Crippen LogP contribution >= 0.6 is 0 Å². The van der Waals surface area contributed by atoms with Crippen molar-refractivity contribution in [3.8, 4) is 0 Å². The van der Waals surface area contributed by atoms with Gasteiger partial charge < -0.3 is 4.90 Å². The second-order valence-corrected chi connectivity index (χ2v) is 4.99. The van der Waals surface area contributed by atoms with E-state index in [2.05, 4.69) is 9.88 Å². The van der Waals surface area contributed by atoms with Crippen LogP contribution < -0.4 is 0 Å². The van der Waals surface area contributed by atoms with Gasteiger partial charge in [0.25, 0.3) is 0 Å². The van der Waals surface area contributed by atoms with Crippen molar-refractivity contribution in [3.05, 3.63) is 29.8 Å². The van der Waals surface area contributed by atoms with Crippen LogP contribution in [-0.4, -0.2) is 35.3 Å². The average molecular weight is 250 g/mol. The van der Waals surface area contributed by atoms with E-state index in [0.717, 1.165) is 25.8 Å². The maximum Gasteiger partial charge on any atom is 0.185 e. The smallest absolute Gasteiger partial charge is 0.185 e. The number of hydrogen-bond donors (Lipinski definition) is 0. The van der Waals surface area contributed by atoms with Crippen LogP contribution in [0.15, 0.2) is 18.3 Å². The largest absolute Gasteiger partial charge is 0.303 e. The van der Waals surface area contributed by atoms with Crippen molar-refractivity contribution in [2.75, 3.05) is 19.6 Å². The van der Waals surface area contributed by atoms with Gasteiger partial charge in [-0.1, -0.05) is 13.3 Å². The van der Waals surface area contributed by atoms with Crippen LogP contribution in [0, 0.1) is 11.7 Å². The topological polar surface area (TPSA) is 33.2 Å². The van der Waals surface area contributed by atoms with Gasteiger partial charge in [-0.3, -0.25) is 9.78 Å². The maximum atomic E-state index is 12.7. The Kier molecular flexibility index (Phi) is 4.42. The molecule has 0 radical (unpaired) electrons. The van der Waals surface area contributed by atoms with Gasteiger partial charge in [-0.15, -0.1) is 0 Å². The highest BCUT2D eigenvalue weighted by Crippen LogP contribution is 2.13. The third kappa shape index (κ3) is 3.35. The molecule has 1 aromatic heterocycles. The molecule has 98 valence electrons. The Morgan fingerprint density at radius 2 is 2.11 bits per heavy atom. The molecule has 2 rings (SSSR count). The summed E-state index contributed by atoms with van der Waals surface area (Å²) in [6.45, 7) is 4.85. The van der Waals surface area contributed by atoms with Crippen LogP contribution in [0.2, 0.25) is 0 Å². The molecular formula is C14H19FN2O. The van der Waals surface area contributed by atoms with Gasteiger partial charge in [0.15, 0.2) is 5.78 Å². The van der Waals surface area contributed by atoms with Gasteiger partial charge in [0.2, 0.25) is 0 Å². The summed E-state index contributed by atoms with van der Waals surface area (Å²) in [7, 11) is 0. The van der Waals surface area contributed by atoms with Gasteiger partial charge in [-0.2, -0.15) is 0 Å². The van der Waals surface area contributed by atoms with Crippen molar-refractivity contribution in [2.45, 2.75) is 26.2 Å². The second kappa shape index (κ2) is 6.05. The summed E-state index contributed by atoms with van der Waals surface area (Å²) < 4.78 is 12.7. The van der Waals surface area contributed by atoms with Gasteiger partial charge in [0, 0.05) is 12.5 Å². The number of hydrogen-bond acceptors (Lipinski definition) is 3. The third-order valence-electron chi connectivity index (χ3n) is 3.41. The number of rotatable bonds is 4. The summed E-state index contributed by atoms with van der Waals surface area (Å²) in [5.41, 5.74) is 0.362. The highest BCUT2D eigenvalue weighted by molar-refractivity contribution is 5.95. The summed E-state index contributed by atoms with van der Waals surface area (Å²) in [4.78, 5) is 18.3. The molecule has 1 unspecified atom stereocenters.